The van der Waals surface area contributed by atoms with Crippen molar-refractivity contribution in [2.75, 3.05) is 27.4 Å². The van der Waals surface area contributed by atoms with E-state index in [4.69, 9.17) is 18.9 Å². The van der Waals surface area contributed by atoms with E-state index < -0.39 is 28.9 Å². The highest BCUT2D eigenvalue weighted by atomic mass is 16.6. The van der Waals surface area contributed by atoms with E-state index >= 15 is 0 Å². The van der Waals surface area contributed by atoms with Crippen LogP contribution in [0.4, 0.5) is 0 Å². The molecule has 208 valence electrons. The number of esters is 1. The molecule has 1 aromatic rings. The quantitative estimate of drug-likeness (QED) is 0.331. The van der Waals surface area contributed by atoms with Crippen LogP contribution in [0, 0.1) is 11.3 Å². The molecule has 1 aromatic carbocycles. The number of nitrogens with one attached hydrogen (secondary N) is 1. The van der Waals surface area contributed by atoms with Crippen molar-refractivity contribution in [2.24, 2.45) is 11.3 Å². The zero-order valence-electron chi connectivity index (χ0n) is 22.8. The molecule has 1 aliphatic carbocycles. The van der Waals surface area contributed by atoms with Gasteiger partial charge in [0.1, 0.15) is 11.4 Å². The van der Waals surface area contributed by atoms with Crippen molar-refractivity contribution in [1.29, 1.82) is 0 Å². The molecule has 0 saturated heterocycles. The number of carbonyl (C=O) groups excluding carboxylic acids is 2. The summed E-state index contributed by atoms with van der Waals surface area (Å²) in [6.07, 6.45) is 3.53. The maximum Gasteiger partial charge on any atom is 0.309 e. The van der Waals surface area contributed by atoms with E-state index in [2.05, 4.69) is 5.32 Å². The SMILES string of the molecule is COCCC(CC1(C(=O)NC(COCc2cccc(OC)c2)CC(=O)O)CCCC1)C(=O)OC(C)(C)C. The van der Waals surface area contributed by atoms with Gasteiger partial charge in [0.25, 0.3) is 0 Å². The summed E-state index contributed by atoms with van der Waals surface area (Å²) in [5.74, 6) is -1.39. The average molecular weight is 522 g/mol. The van der Waals surface area contributed by atoms with Gasteiger partial charge >= 0.3 is 11.9 Å². The maximum atomic E-state index is 13.6. The smallest absolute Gasteiger partial charge is 0.309 e. The Bertz CT molecular complexity index is 888. The Morgan fingerprint density at radius 1 is 1.14 bits per heavy atom. The van der Waals surface area contributed by atoms with Gasteiger partial charge in [-0.05, 0) is 64.2 Å². The summed E-state index contributed by atoms with van der Waals surface area (Å²) in [5, 5.41) is 12.4. The third-order valence-corrected chi connectivity index (χ3v) is 6.57. The van der Waals surface area contributed by atoms with Crippen LogP contribution in [-0.2, 0) is 35.2 Å². The first-order valence-corrected chi connectivity index (χ1v) is 12.9. The van der Waals surface area contributed by atoms with Crippen molar-refractivity contribution in [3.05, 3.63) is 29.8 Å². The first-order chi connectivity index (χ1) is 17.5. The fourth-order valence-electron chi connectivity index (χ4n) is 4.78. The standard InChI is InChI=1S/C28H43NO8/c1-27(2,3)37-25(32)21(11-14-34-4)17-28(12-6-7-13-28)26(33)29-22(16-24(30)31)19-36-18-20-9-8-10-23(15-20)35-5/h8-10,15,21-22H,6-7,11-14,16-19H2,1-5H3,(H,29,33)(H,30,31). The van der Waals surface area contributed by atoms with Crippen molar-refractivity contribution >= 4 is 17.8 Å². The van der Waals surface area contributed by atoms with Gasteiger partial charge in [0.15, 0.2) is 0 Å². The van der Waals surface area contributed by atoms with Gasteiger partial charge in [-0.15, -0.1) is 0 Å². The first-order valence-electron chi connectivity index (χ1n) is 12.9. The Labute approximate surface area is 220 Å². The molecule has 2 atom stereocenters. The minimum atomic E-state index is -1.03. The zero-order chi connectivity index (χ0) is 27.5. The van der Waals surface area contributed by atoms with Gasteiger partial charge in [0, 0.05) is 13.7 Å². The highest BCUT2D eigenvalue weighted by Gasteiger charge is 2.45. The van der Waals surface area contributed by atoms with Crippen LogP contribution >= 0.6 is 0 Å². The predicted molar refractivity (Wildman–Crippen MR) is 138 cm³/mol. The van der Waals surface area contributed by atoms with E-state index in [1.165, 1.54) is 0 Å². The van der Waals surface area contributed by atoms with Gasteiger partial charge in [-0.3, -0.25) is 14.4 Å². The van der Waals surface area contributed by atoms with Gasteiger partial charge in [0.05, 0.1) is 44.1 Å². The van der Waals surface area contributed by atoms with Crippen LogP contribution < -0.4 is 10.1 Å². The molecule has 0 spiro atoms. The number of carboxylic acid groups (broad SMARTS) is 1. The molecular weight excluding hydrogens is 478 g/mol. The Kier molecular flexibility index (Phi) is 11.8. The summed E-state index contributed by atoms with van der Waals surface area (Å²) in [6, 6.07) is 6.71. The number of amides is 1. The van der Waals surface area contributed by atoms with E-state index in [9.17, 15) is 19.5 Å². The van der Waals surface area contributed by atoms with E-state index in [0.29, 0.717) is 38.0 Å². The van der Waals surface area contributed by atoms with E-state index in [1.807, 2.05) is 45.0 Å². The molecule has 37 heavy (non-hydrogen) atoms. The molecule has 2 unspecified atom stereocenters. The second-order valence-electron chi connectivity index (χ2n) is 10.8. The lowest BCUT2D eigenvalue weighted by Gasteiger charge is -2.33. The normalized spacial score (nSPS) is 16.6. The van der Waals surface area contributed by atoms with Gasteiger partial charge in [-0.2, -0.15) is 0 Å². The number of methoxy groups -OCH3 is 2. The minimum absolute atomic E-state index is 0.0461. The monoisotopic (exact) mass is 521 g/mol. The number of ether oxygens (including phenoxy) is 4. The van der Waals surface area contributed by atoms with Crippen molar-refractivity contribution in [1.82, 2.24) is 5.32 Å². The second kappa shape index (κ2) is 14.3. The summed E-state index contributed by atoms with van der Waals surface area (Å²) in [6.45, 7) is 6.13. The molecule has 2 rings (SSSR count). The average Bonchev–Trinajstić information content (AvgIpc) is 3.30. The molecule has 2 N–H and O–H groups in total. The van der Waals surface area contributed by atoms with Gasteiger partial charge in [-0.25, -0.2) is 0 Å². The molecule has 9 nitrogen and oxygen atoms in total. The third kappa shape index (κ3) is 10.3. The van der Waals surface area contributed by atoms with E-state index in [-0.39, 0.29) is 31.5 Å². The molecule has 1 amide bonds. The van der Waals surface area contributed by atoms with Crippen LogP contribution in [0.1, 0.15) is 71.3 Å². The highest BCUT2D eigenvalue weighted by molar-refractivity contribution is 5.85. The number of aliphatic carboxylic acids is 1. The molecule has 0 radical (unpaired) electrons. The van der Waals surface area contributed by atoms with Crippen LogP contribution in [0.5, 0.6) is 5.75 Å². The van der Waals surface area contributed by atoms with Crippen LogP contribution in [0.25, 0.3) is 0 Å². The summed E-state index contributed by atoms with van der Waals surface area (Å²) < 4.78 is 21.9. The highest BCUT2D eigenvalue weighted by Crippen LogP contribution is 2.44. The molecule has 0 aliphatic heterocycles. The predicted octanol–water partition coefficient (Wildman–Crippen LogP) is 4.12. The van der Waals surface area contributed by atoms with E-state index in [1.54, 1.807) is 14.2 Å². The van der Waals surface area contributed by atoms with Crippen LogP contribution in [0.15, 0.2) is 24.3 Å². The number of rotatable bonds is 15. The lowest BCUT2D eigenvalue weighted by molar-refractivity contribution is -0.162. The molecule has 0 aromatic heterocycles. The largest absolute Gasteiger partial charge is 0.497 e. The first kappa shape index (κ1) is 30.6. The van der Waals surface area contributed by atoms with Gasteiger partial charge < -0.3 is 29.4 Å². The summed E-state index contributed by atoms with van der Waals surface area (Å²) in [5.41, 5.74) is -0.524. The van der Waals surface area contributed by atoms with Crippen LogP contribution in [-0.4, -0.2) is 62.0 Å². The number of carboxylic acids is 1. The summed E-state index contributed by atoms with van der Waals surface area (Å²) >= 11 is 0. The van der Waals surface area contributed by atoms with E-state index in [0.717, 1.165) is 18.4 Å². The Morgan fingerprint density at radius 2 is 1.84 bits per heavy atom. The Morgan fingerprint density at radius 3 is 2.43 bits per heavy atom. The lowest BCUT2D eigenvalue weighted by Crippen LogP contribution is -2.48. The van der Waals surface area contributed by atoms with Gasteiger partial charge in [0.2, 0.25) is 5.91 Å². The number of benzene rings is 1. The summed E-state index contributed by atoms with van der Waals surface area (Å²) in [7, 11) is 3.16. The maximum absolute atomic E-state index is 13.6. The number of carbonyl (C=O) groups is 3. The molecule has 9 heteroatoms. The Hall–Kier alpha value is -2.65. The summed E-state index contributed by atoms with van der Waals surface area (Å²) in [4.78, 5) is 38.2. The number of hydrogen-bond donors (Lipinski definition) is 2. The van der Waals surface area contributed by atoms with Gasteiger partial charge in [-0.1, -0.05) is 25.0 Å². The molecule has 1 fully saturated rings. The van der Waals surface area contributed by atoms with Crippen molar-refractivity contribution in [3.8, 4) is 5.75 Å². The van der Waals surface area contributed by atoms with Crippen molar-refractivity contribution < 1.29 is 38.4 Å². The Balaban J connectivity index is 2.11. The number of hydrogen-bond acceptors (Lipinski definition) is 7. The van der Waals surface area contributed by atoms with Crippen molar-refractivity contribution in [2.45, 2.75) is 84.0 Å². The minimum Gasteiger partial charge on any atom is -0.497 e. The lowest BCUT2D eigenvalue weighted by atomic mass is 9.75. The molecular formula is C28H43NO8. The fourth-order valence-corrected chi connectivity index (χ4v) is 4.78. The van der Waals surface area contributed by atoms with Crippen LogP contribution in [0.2, 0.25) is 0 Å². The fraction of sp³-hybridized carbons (Fsp3) is 0.679. The topological polar surface area (TPSA) is 120 Å². The zero-order valence-corrected chi connectivity index (χ0v) is 22.8. The third-order valence-electron chi connectivity index (χ3n) is 6.57. The van der Waals surface area contributed by atoms with Crippen LogP contribution in [0.3, 0.4) is 0 Å². The second-order valence-corrected chi connectivity index (χ2v) is 10.8. The molecule has 1 aliphatic rings. The van der Waals surface area contributed by atoms with Crippen molar-refractivity contribution in [3.63, 3.8) is 0 Å². The molecule has 0 bridgehead atoms. The molecule has 1 saturated carbocycles. The molecule has 0 heterocycles.